The summed E-state index contributed by atoms with van der Waals surface area (Å²) in [5.74, 6) is -0.0193. The highest BCUT2D eigenvalue weighted by Gasteiger charge is 2.41. The largest absolute Gasteiger partial charge is 0.375 e. The molecular weight excluding hydrogens is 278 g/mol. The second-order valence-corrected chi connectivity index (χ2v) is 7.14. The highest BCUT2D eigenvalue weighted by molar-refractivity contribution is 8.00. The lowest BCUT2D eigenvalue weighted by molar-refractivity contribution is 0.0953. The lowest BCUT2D eigenvalue weighted by Crippen LogP contribution is -2.31. The first-order valence-corrected chi connectivity index (χ1v) is 8.15. The fourth-order valence-corrected chi connectivity index (χ4v) is 3.52. The minimum Gasteiger partial charge on any atom is -0.375 e. The Hall–Kier alpha value is -1.27. The van der Waals surface area contributed by atoms with Crippen LogP contribution in [0.1, 0.15) is 23.2 Å². The van der Waals surface area contributed by atoms with Gasteiger partial charge in [0.25, 0.3) is 5.91 Å². The van der Waals surface area contributed by atoms with Gasteiger partial charge in [-0.1, -0.05) is 11.3 Å². The molecular formula is C13H15N3OS2. The normalized spacial score (nSPS) is 16.5. The van der Waals surface area contributed by atoms with Crippen molar-refractivity contribution >= 4 is 44.4 Å². The zero-order valence-corrected chi connectivity index (χ0v) is 12.2. The quantitative estimate of drug-likeness (QED) is 0.909. The van der Waals surface area contributed by atoms with Gasteiger partial charge in [-0.25, -0.2) is 4.98 Å². The molecule has 0 unspecified atom stereocenters. The molecule has 0 aliphatic heterocycles. The monoisotopic (exact) mass is 293 g/mol. The Labute approximate surface area is 119 Å². The van der Waals surface area contributed by atoms with Gasteiger partial charge in [-0.2, -0.15) is 11.8 Å². The Bertz CT molecular complexity index is 634. The number of thiazole rings is 1. The molecule has 1 saturated carbocycles. The molecule has 1 fully saturated rings. The molecule has 1 heterocycles. The Morgan fingerprint density at radius 3 is 3.05 bits per heavy atom. The number of nitrogens with zero attached hydrogens (tertiary/aromatic N) is 1. The van der Waals surface area contributed by atoms with Gasteiger partial charge >= 0.3 is 0 Å². The zero-order chi connectivity index (χ0) is 13.5. The van der Waals surface area contributed by atoms with E-state index >= 15 is 0 Å². The van der Waals surface area contributed by atoms with Crippen LogP contribution in [0.5, 0.6) is 0 Å². The molecule has 6 heteroatoms. The second-order valence-electron chi connectivity index (χ2n) is 4.80. The van der Waals surface area contributed by atoms with E-state index in [0.29, 0.717) is 10.7 Å². The van der Waals surface area contributed by atoms with Crippen molar-refractivity contribution in [1.82, 2.24) is 10.3 Å². The SMILES string of the molecule is CSC1(CNC(=O)c2ccc3nc(N)sc3c2)CC1. The van der Waals surface area contributed by atoms with Gasteiger partial charge in [0.05, 0.1) is 10.2 Å². The standard InChI is InChI=1S/C13H15N3OS2/c1-18-13(4-5-13)7-15-11(17)8-2-3-9-10(6-8)19-12(14)16-9/h2-3,6H,4-5,7H2,1H3,(H2,14,16)(H,15,17). The molecule has 0 radical (unpaired) electrons. The van der Waals surface area contributed by atoms with E-state index < -0.39 is 0 Å². The fourth-order valence-electron chi connectivity index (χ4n) is 2.02. The number of carbonyl (C=O) groups is 1. The number of thioether (sulfide) groups is 1. The third-order valence-corrected chi connectivity index (χ3v) is 5.74. The molecule has 1 aromatic carbocycles. The number of fused-ring (bicyclic) bond motifs is 1. The van der Waals surface area contributed by atoms with Crippen molar-refractivity contribution in [3.63, 3.8) is 0 Å². The Morgan fingerprint density at radius 1 is 1.58 bits per heavy atom. The molecule has 100 valence electrons. The highest BCUT2D eigenvalue weighted by atomic mass is 32.2. The van der Waals surface area contributed by atoms with E-state index in [9.17, 15) is 4.79 Å². The summed E-state index contributed by atoms with van der Waals surface area (Å²) in [4.78, 5) is 16.3. The lowest BCUT2D eigenvalue weighted by atomic mass is 10.2. The van der Waals surface area contributed by atoms with Gasteiger partial charge in [-0.05, 0) is 37.3 Å². The van der Waals surface area contributed by atoms with Crippen LogP contribution in [-0.2, 0) is 0 Å². The van der Waals surface area contributed by atoms with Crippen LogP contribution in [0, 0.1) is 0 Å². The molecule has 0 bridgehead atoms. The van der Waals surface area contributed by atoms with E-state index in [1.54, 1.807) is 6.07 Å². The molecule has 19 heavy (non-hydrogen) atoms. The number of amides is 1. The number of benzene rings is 1. The first-order valence-electron chi connectivity index (χ1n) is 6.11. The van der Waals surface area contributed by atoms with Crippen LogP contribution in [0.2, 0.25) is 0 Å². The summed E-state index contributed by atoms with van der Waals surface area (Å²) in [5.41, 5.74) is 7.19. The Kier molecular flexibility index (Phi) is 3.14. The summed E-state index contributed by atoms with van der Waals surface area (Å²) < 4.78 is 1.24. The number of nitrogens with one attached hydrogen (secondary N) is 1. The van der Waals surface area contributed by atoms with Crippen molar-refractivity contribution in [2.45, 2.75) is 17.6 Å². The predicted molar refractivity (Wildman–Crippen MR) is 81.8 cm³/mol. The van der Waals surface area contributed by atoms with Crippen LogP contribution >= 0.6 is 23.1 Å². The van der Waals surface area contributed by atoms with Crippen molar-refractivity contribution < 1.29 is 4.79 Å². The van der Waals surface area contributed by atoms with Gasteiger partial charge in [-0.15, -0.1) is 0 Å². The van der Waals surface area contributed by atoms with E-state index in [1.165, 1.54) is 24.2 Å². The first kappa shape index (κ1) is 12.7. The van der Waals surface area contributed by atoms with Crippen molar-refractivity contribution in [3.8, 4) is 0 Å². The van der Waals surface area contributed by atoms with Crippen LogP contribution < -0.4 is 11.1 Å². The van der Waals surface area contributed by atoms with Crippen LogP contribution in [0.3, 0.4) is 0 Å². The summed E-state index contributed by atoms with van der Waals surface area (Å²) in [6.45, 7) is 0.746. The number of hydrogen-bond acceptors (Lipinski definition) is 5. The molecule has 1 amide bonds. The summed E-state index contributed by atoms with van der Waals surface area (Å²) >= 11 is 3.25. The number of nitrogens with two attached hydrogens (primary N) is 1. The molecule has 4 nitrogen and oxygen atoms in total. The van der Waals surface area contributed by atoms with Crippen LogP contribution in [-0.4, -0.2) is 28.4 Å². The average molecular weight is 293 g/mol. The number of hydrogen-bond donors (Lipinski definition) is 2. The van der Waals surface area contributed by atoms with Crippen LogP contribution in [0.15, 0.2) is 18.2 Å². The van der Waals surface area contributed by atoms with Gasteiger partial charge in [-0.3, -0.25) is 4.79 Å². The molecule has 1 aliphatic rings. The Balaban J connectivity index is 1.74. The molecule has 3 N–H and O–H groups in total. The number of rotatable bonds is 4. The summed E-state index contributed by atoms with van der Waals surface area (Å²) in [7, 11) is 0. The van der Waals surface area contributed by atoms with Gasteiger partial charge in [0, 0.05) is 16.9 Å². The number of anilines is 1. The van der Waals surface area contributed by atoms with Crippen molar-refractivity contribution in [2.75, 3.05) is 18.5 Å². The molecule has 2 aromatic rings. The maximum atomic E-state index is 12.1. The topological polar surface area (TPSA) is 68.0 Å². The van der Waals surface area contributed by atoms with Crippen molar-refractivity contribution in [3.05, 3.63) is 23.8 Å². The summed E-state index contributed by atoms with van der Waals surface area (Å²) in [5, 5.41) is 3.55. The van der Waals surface area contributed by atoms with Crippen molar-refractivity contribution in [1.29, 1.82) is 0 Å². The number of nitrogen functional groups attached to an aromatic ring is 1. The number of carbonyl (C=O) groups excluding carboxylic acids is 1. The molecule has 3 rings (SSSR count). The third-order valence-electron chi connectivity index (χ3n) is 3.48. The fraction of sp³-hybridized carbons (Fsp3) is 0.385. The maximum Gasteiger partial charge on any atom is 0.251 e. The molecule has 0 atom stereocenters. The molecule has 1 aliphatic carbocycles. The van der Waals surface area contributed by atoms with E-state index in [2.05, 4.69) is 16.6 Å². The van der Waals surface area contributed by atoms with E-state index in [1.807, 2.05) is 23.9 Å². The second kappa shape index (κ2) is 4.68. The minimum atomic E-state index is -0.0193. The van der Waals surface area contributed by atoms with E-state index in [-0.39, 0.29) is 10.7 Å². The van der Waals surface area contributed by atoms with E-state index in [0.717, 1.165) is 16.8 Å². The van der Waals surface area contributed by atoms with Gasteiger partial charge in [0.2, 0.25) is 0 Å². The van der Waals surface area contributed by atoms with Gasteiger partial charge in [0.15, 0.2) is 5.13 Å². The zero-order valence-electron chi connectivity index (χ0n) is 10.6. The smallest absolute Gasteiger partial charge is 0.251 e. The summed E-state index contributed by atoms with van der Waals surface area (Å²) in [6, 6.07) is 5.51. The third kappa shape index (κ3) is 2.55. The Morgan fingerprint density at radius 2 is 2.37 bits per heavy atom. The van der Waals surface area contributed by atoms with Crippen molar-refractivity contribution in [2.24, 2.45) is 0 Å². The predicted octanol–water partition coefficient (Wildman–Crippen LogP) is 2.50. The highest BCUT2D eigenvalue weighted by Crippen LogP contribution is 2.46. The van der Waals surface area contributed by atoms with Gasteiger partial charge < -0.3 is 11.1 Å². The molecule has 0 saturated heterocycles. The van der Waals surface area contributed by atoms with E-state index in [4.69, 9.17) is 5.73 Å². The first-order chi connectivity index (χ1) is 9.12. The van der Waals surface area contributed by atoms with Crippen LogP contribution in [0.4, 0.5) is 5.13 Å². The lowest BCUT2D eigenvalue weighted by Gasteiger charge is -2.12. The number of aromatic nitrogens is 1. The minimum absolute atomic E-state index is 0.0193. The maximum absolute atomic E-state index is 12.1. The van der Waals surface area contributed by atoms with Crippen LogP contribution in [0.25, 0.3) is 10.2 Å². The average Bonchev–Trinajstić information content (AvgIpc) is 3.10. The summed E-state index contributed by atoms with van der Waals surface area (Å²) in [6.07, 6.45) is 4.49. The van der Waals surface area contributed by atoms with Gasteiger partial charge in [0.1, 0.15) is 0 Å². The molecule has 0 spiro atoms. The molecule has 1 aromatic heterocycles.